The van der Waals surface area contributed by atoms with Gasteiger partial charge in [-0.1, -0.05) is 237 Å². The molecular weight excluding hydrogens is 690 g/mol. The molecule has 2 heteroatoms. The van der Waals surface area contributed by atoms with E-state index in [0.29, 0.717) is 0 Å². The van der Waals surface area contributed by atoms with E-state index in [2.05, 4.69) is 261 Å². The normalized spacial score (nSPS) is 10.7. The first kappa shape index (κ1) is 37.8. The summed E-state index contributed by atoms with van der Waals surface area (Å²) in [6, 6.07) is 96.8. The summed E-state index contributed by atoms with van der Waals surface area (Å²) in [5.74, 6) is 0. The molecule has 0 aliphatic heterocycles. The van der Waals surface area contributed by atoms with Crippen molar-refractivity contribution in [2.24, 2.45) is 0 Å². The van der Waals surface area contributed by atoms with E-state index < -0.39 is 14.1 Å². The maximum absolute atomic E-state index is 2.26. The standard InChI is InChI=1S/C24H20B.C18H15P.C12H10/c1-5-13-21(14-6-1)25(22-15-7-2-8-16-22,23-17-9-3-10-18-23)24-19-11-4-12-20-24;1-4-10-16(11-5-1)19(17-12-6-2-7-13-17)18-14-8-3-9-15-18;1-3-7-11(8-4-1)12-9-5-2-6-10-12/h1-20H;1-15H;1-10H/q-1;;/p+1. The van der Waals surface area contributed by atoms with Gasteiger partial charge in [0.25, 0.3) is 0 Å². The monoisotopic (exact) mass is 736 g/mol. The Kier molecular flexibility index (Phi) is 13.3. The summed E-state index contributed by atoms with van der Waals surface area (Å²) in [6.07, 6.45) is -1.22. The van der Waals surface area contributed by atoms with E-state index >= 15 is 0 Å². The van der Waals surface area contributed by atoms with Crippen molar-refractivity contribution in [1.82, 2.24) is 0 Å². The van der Waals surface area contributed by atoms with Gasteiger partial charge in [-0.3, -0.25) is 0 Å². The van der Waals surface area contributed by atoms with Crippen LogP contribution in [0.2, 0.25) is 0 Å². The third-order valence-corrected chi connectivity index (χ3v) is 13.0. The Morgan fingerprint density at radius 1 is 0.196 bits per heavy atom. The second-order valence-electron chi connectivity index (χ2n) is 13.7. The molecule has 56 heavy (non-hydrogen) atoms. The SMILES string of the molecule is c1ccc(-c2ccccc2)cc1.c1ccc([B-](c2ccccc2)(c2ccccc2)c2ccccc2)cc1.c1ccc([PH+](c2ccccc2)c2ccccc2)cc1. The number of benzene rings is 9. The molecule has 0 bridgehead atoms. The molecule has 0 aromatic heterocycles. The summed E-state index contributed by atoms with van der Waals surface area (Å²) in [4.78, 5) is 0. The van der Waals surface area contributed by atoms with Crippen LogP contribution >= 0.6 is 7.92 Å². The molecule has 0 saturated heterocycles. The molecule has 0 radical (unpaired) electrons. The van der Waals surface area contributed by atoms with Crippen LogP contribution in [0.5, 0.6) is 0 Å². The van der Waals surface area contributed by atoms with Crippen molar-refractivity contribution in [2.75, 3.05) is 0 Å². The van der Waals surface area contributed by atoms with Gasteiger partial charge in [0.2, 0.25) is 0 Å². The Morgan fingerprint density at radius 3 is 0.589 bits per heavy atom. The van der Waals surface area contributed by atoms with Crippen LogP contribution in [0.4, 0.5) is 0 Å². The highest BCUT2D eigenvalue weighted by Gasteiger charge is 2.31. The Hall–Kier alpha value is -6.53. The molecule has 0 N–H and O–H groups in total. The van der Waals surface area contributed by atoms with Crippen molar-refractivity contribution in [2.45, 2.75) is 0 Å². The smallest absolute Gasteiger partial charge is 0.108 e. The first-order valence-corrected chi connectivity index (χ1v) is 20.9. The number of hydrogen-bond donors (Lipinski definition) is 0. The minimum Gasteiger partial charge on any atom is -0.195 e. The van der Waals surface area contributed by atoms with Gasteiger partial charge in [-0.15, -0.1) is 0 Å². The van der Waals surface area contributed by atoms with Crippen molar-refractivity contribution in [1.29, 1.82) is 0 Å². The van der Waals surface area contributed by atoms with Crippen molar-refractivity contribution in [3.8, 4) is 11.1 Å². The van der Waals surface area contributed by atoms with Crippen LogP contribution in [0.3, 0.4) is 0 Å². The molecule has 0 aliphatic rings. The molecule has 9 aromatic rings. The van der Waals surface area contributed by atoms with E-state index in [1.807, 2.05) is 12.1 Å². The molecule has 0 saturated carbocycles. The summed E-state index contributed by atoms with van der Waals surface area (Å²) in [6.45, 7) is 0. The van der Waals surface area contributed by atoms with Gasteiger partial charge in [0.15, 0.2) is 0 Å². The van der Waals surface area contributed by atoms with Crippen LogP contribution in [0.25, 0.3) is 11.1 Å². The highest BCUT2D eigenvalue weighted by atomic mass is 31.1. The predicted molar refractivity (Wildman–Crippen MR) is 248 cm³/mol. The topological polar surface area (TPSA) is 0 Å². The third-order valence-electron chi connectivity index (χ3n) is 10.3. The summed E-state index contributed by atoms with van der Waals surface area (Å²) >= 11 is 0. The lowest BCUT2D eigenvalue weighted by molar-refractivity contribution is 1.62. The Balaban J connectivity index is 0.000000137. The zero-order valence-corrected chi connectivity index (χ0v) is 32.6. The minimum absolute atomic E-state index is 0.877. The zero-order valence-electron chi connectivity index (χ0n) is 31.6. The van der Waals surface area contributed by atoms with E-state index in [0.717, 1.165) is 0 Å². The van der Waals surface area contributed by atoms with Crippen molar-refractivity contribution in [3.05, 3.63) is 273 Å². The highest BCUT2D eigenvalue weighted by Crippen LogP contribution is 2.32. The van der Waals surface area contributed by atoms with Crippen molar-refractivity contribution >= 4 is 51.8 Å². The molecule has 0 amide bonds. The quantitative estimate of drug-likeness (QED) is 0.108. The van der Waals surface area contributed by atoms with Gasteiger partial charge in [-0.25, -0.2) is 0 Å². The van der Waals surface area contributed by atoms with E-state index in [9.17, 15) is 0 Å². The molecular formula is C54H46BP. The van der Waals surface area contributed by atoms with Crippen molar-refractivity contribution in [3.63, 3.8) is 0 Å². The molecule has 0 nitrogen and oxygen atoms in total. The van der Waals surface area contributed by atoms with E-state index in [1.165, 1.54) is 48.9 Å². The summed E-state index contributed by atoms with van der Waals surface area (Å²) in [7, 11) is -0.877. The Morgan fingerprint density at radius 2 is 0.375 bits per heavy atom. The molecule has 0 heterocycles. The molecule has 270 valence electrons. The molecule has 9 rings (SSSR count). The number of rotatable bonds is 8. The molecule has 0 aliphatic carbocycles. The average Bonchev–Trinajstić information content (AvgIpc) is 3.30. The fourth-order valence-electron chi connectivity index (χ4n) is 7.70. The van der Waals surface area contributed by atoms with Crippen LogP contribution in [0.15, 0.2) is 273 Å². The summed E-state index contributed by atoms with van der Waals surface area (Å²) in [5.41, 5.74) is 7.91. The second-order valence-corrected chi connectivity index (χ2v) is 16.2. The molecule has 0 fully saturated rings. The highest BCUT2D eigenvalue weighted by molar-refractivity contribution is 7.79. The molecule has 0 atom stereocenters. The summed E-state index contributed by atoms with van der Waals surface area (Å²) < 4.78 is 0. The maximum atomic E-state index is 2.26. The van der Waals surface area contributed by atoms with Gasteiger partial charge in [-0.05, 0) is 47.5 Å². The van der Waals surface area contributed by atoms with Crippen LogP contribution in [0.1, 0.15) is 0 Å². The van der Waals surface area contributed by atoms with Crippen LogP contribution in [-0.2, 0) is 0 Å². The van der Waals surface area contributed by atoms with Gasteiger partial charge in [0.05, 0.1) is 7.92 Å². The van der Waals surface area contributed by atoms with E-state index in [4.69, 9.17) is 0 Å². The van der Waals surface area contributed by atoms with Gasteiger partial charge in [0.1, 0.15) is 22.1 Å². The predicted octanol–water partition coefficient (Wildman–Crippen LogP) is 9.59. The number of hydrogen-bond acceptors (Lipinski definition) is 0. The Bertz CT molecular complexity index is 2120. The fourth-order valence-corrected chi connectivity index (χ4v) is 10.3. The van der Waals surface area contributed by atoms with E-state index in [-0.39, 0.29) is 0 Å². The van der Waals surface area contributed by atoms with Crippen LogP contribution in [0, 0.1) is 0 Å². The lowest BCUT2D eigenvalue weighted by atomic mass is 9.13. The first-order valence-electron chi connectivity index (χ1n) is 19.4. The summed E-state index contributed by atoms with van der Waals surface area (Å²) in [5, 5.41) is 4.31. The Labute approximate surface area is 334 Å². The first-order chi connectivity index (χ1) is 27.8. The lowest BCUT2D eigenvalue weighted by Gasteiger charge is -2.44. The molecule has 0 unspecified atom stereocenters. The third kappa shape index (κ3) is 9.22. The average molecular weight is 737 g/mol. The maximum Gasteiger partial charge on any atom is 0.108 e. The lowest BCUT2D eigenvalue weighted by Crippen LogP contribution is -2.74. The van der Waals surface area contributed by atoms with Gasteiger partial charge < -0.3 is 0 Å². The van der Waals surface area contributed by atoms with Crippen LogP contribution < -0.4 is 37.8 Å². The molecule has 0 spiro atoms. The van der Waals surface area contributed by atoms with Gasteiger partial charge in [0, 0.05) is 0 Å². The van der Waals surface area contributed by atoms with Crippen molar-refractivity contribution < 1.29 is 0 Å². The zero-order chi connectivity index (χ0) is 38.1. The molecule has 9 aromatic carbocycles. The van der Waals surface area contributed by atoms with Crippen LogP contribution in [-0.4, -0.2) is 6.15 Å². The minimum atomic E-state index is -1.22. The van der Waals surface area contributed by atoms with E-state index in [1.54, 1.807) is 0 Å². The fraction of sp³-hybridized carbons (Fsp3) is 0. The van der Waals surface area contributed by atoms with Gasteiger partial charge in [-0.2, -0.15) is 21.9 Å². The largest absolute Gasteiger partial charge is 0.195 e. The van der Waals surface area contributed by atoms with Gasteiger partial charge >= 0.3 is 0 Å². The second kappa shape index (κ2) is 19.7.